The highest BCUT2D eigenvalue weighted by Crippen LogP contribution is 2.25. The highest BCUT2D eigenvalue weighted by Gasteiger charge is 2.00. The van der Waals surface area contributed by atoms with E-state index in [-0.39, 0.29) is 0 Å². The van der Waals surface area contributed by atoms with Gasteiger partial charge in [0.1, 0.15) is 11.5 Å². The monoisotopic (exact) mass is 233 g/mol. The number of hydrogen-bond acceptors (Lipinski definition) is 3. The topological polar surface area (TPSA) is 67.2 Å². The fraction of sp³-hybridized carbons (Fsp3) is 0.333. The molecule has 0 saturated carbocycles. The van der Waals surface area contributed by atoms with Crippen molar-refractivity contribution in [3.63, 3.8) is 0 Å². The predicted molar refractivity (Wildman–Crippen MR) is 67.2 cm³/mol. The molecule has 0 aromatic heterocycles. The first-order chi connectivity index (χ1) is 8.31. The minimum Gasteiger partial charge on any atom is -0.497 e. The van der Waals surface area contributed by atoms with E-state index >= 15 is 0 Å². The molecule has 0 aliphatic carbocycles. The van der Waals surface area contributed by atoms with Gasteiger partial charge < -0.3 is 9.47 Å². The molecule has 0 unspecified atom stereocenters. The Labute approximate surface area is 100 Å². The van der Waals surface area contributed by atoms with Gasteiger partial charge in [-0.25, -0.2) is 0 Å². The third-order valence-corrected chi connectivity index (χ3v) is 2.19. The molecule has 0 bridgehead atoms. The molecule has 0 fully saturated rings. The zero-order chi connectivity index (χ0) is 12.5. The molecule has 17 heavy (non-hydrogen) atoms. The lowest BCUT2D eigenvalue weighted by Gasteiger charge is -2.06. The Hall–Kier alpha value is -2.13. The Balaban J connectivity index is 2.76. The number of azide groups is 1. The molecule has 0 amide bonds. The van der Waals surface area contributed by atoms with Gasteiger partial charge in [-0.1, -0.05) is 17.3 Å². The van der Waals surface area contributed by atoms with Crippen LogP contribution in [0.4, 0.5) is 0 Å². The van der Waals surface area contributed by atoms with Crippen LogP contribution in [0.1, 0.15) is 12.0 Å². The molecule has 0 heterocycles. The summed E-state index contributed by atoms with van der Waals surface area (Å²) in [4.78, 5) is 2.69. The van der Waals surface area contributed by atoms with Gasteiger partial charge in [0.05, 0.1) is 14.2 Å². The van der Waals surface area contributed by atoms with Crippen molar-refractivity contribution in [1.82, 2.24) is 0 Å². The number of hydrogen-bond donors (Lipinski definition) is 0. The molecule has 0 saturated heterocycles. The van der Waals surface area contributed by atoms with Crippen LogP contribution in [0.2, 0.25) is 0 Å². The van der Waals surface area contributed by atoms with Crippen LogP contribution in [0, 0.1) is 0 Å². The molecule has 5 nitrogen and oxygen atoms in total. The van der Waals surface area contributed by atoms with Crippen molar-refractivity contribution in [3.8, 4) is 11.5 Å². The summed E-state index contributed by atoms with van der Waals surface area (Å²) in [5, 5.41) is 3.45. The van der Waals surface area contributed by atoms with E-state index in [1.54, 1.807) is 14.2 Å². The minimum atomic E-state index is 0.458. The van der Waals surface area contributed by atoms with E-state index in [4.69, 9.17) is 15.0 Å². The molecule has 0 spiro atoms. The first-order valence-electron chi connectivity index (χ1n) is 5.21. The fourth-order valence-corrected chi connectivity index (χ4v) is 1.36. The summed E-state index contributed by atoms with van der Waals surface area (Å²) in [6, 6.07) is 5.59. The molecule has 0 aliphatic heterocycles. The predicted octanol–water partition coefficient (Wildman–Crippen LogP) is 3.42. The third-order valence-electron chi connectivity index (χ3n) is 2.19. The van der Waals surface area contributed by atoms with Gasteiger partial charge in [-0.2, -0.15) is 0 Å². The molecular weight excluding hydrogens is 218 g/mol. The molecule has 1 aromatic rings. The number of nitrogens with zero attached hydrogens (tertiary/aromatic N) is 3. The van der Waals surface area contributed by atoms with E-state index in [0.29, 0.717) is 13.0 Å². The second kappa shape index (κ2) is 7.19. The smallest absolute Gasteiger partial charge is 0.126 e. The molecular formula is C12H15N3O2. The van der Waals surface area contributed by atoms with Crippen molar-refractivity contribution in [1.29, 1.82) is 0 Å². The summed E-state index contributed by atoms with van der Waals surface area (Å²) in [6.45, 7) is 0.458. The second-order valence-electron chi connectivity index (χ2n) is 3.25. The van der Waals surface area contributed by atoms with Crippen molar-refractivity contribution in [3.05, 3.63) is 40.3 Å². The second-order valence-corrected chi connectivity index (χ2v) is 3.25. The van der Waals surface area contributed by atoms with Crippen LogP contribution in [-0.2, 0) is 0 Å². The molecule has 0 aliphatic rings. The third kappa shape index (κ3) is 4.09. The summed E-state index contributed by atoms with van der Waals surface area (Å²) < 4.78 is 10.4. The number of ether oxygens (including phenoxy) is 2. The quantitative estimate of drug-likeness (QED) is 0.327. The Morgan fingerprint density at radius 1 is 1.35 bits per heavy atom. The number of rotatable bonds is 6. The SMILES string of the molecule is COc1ccc(OC)c(C=CCCN=[N+]=[N-])c1. The van der Waals surface area contributed by atoms with E-state index in [1.165, 1.54) is 0 Å². The minimum absolute atomic E-state index is 0.458. The van der Waals surface area contributed by atoms with Gasteiger partial charge >= 0.3 is 0 Å². The normalized spacial score (nSPS) is 10.0. The van der Waals surface area contributed by atoms with Gasteiger partial charge in [-0.05, 0) is 30.2 Å². The highest BCUT2D eigenvalue weighted by atomic mass is 16.5. The summed E-state index contributed by atoms with van der Waals surface area (Å²) in [5.74, 6) is 1.56. The summed E-state index contributed by atoms with van der Waals surface area (Å²) >= 11 is 0. The van der Waals surface area contributed by atoms with Crippen LogP contribution >= 0.6 is 0 Å². The molecule has 1 rings (SSSR count). The van der Waals surface area contributed by atoms with Gasteiger partial charge in [0.2, 0.25) is 0 Å². The summed E-state index contributed by atoms with van der Waals surface area (Å²) in [5.41, 5.74) is 9.07. The van der Waals surface area contributed by atoms with Gasteiger partial charge in [0.25, 0.3) is 0 Å². The molecule has 90 valence electrons. The molecule has 5 heteroatoms. The van der Waals surface area contributed by atoms with Crippen LogP contribution < -0.4 is 9.47 Å². The molecule has 0 radical (unpaired) electrons. The first-order valence-corrected chi connectivity index (χ1v) is 5.21. The van der Waals surface area contributed by atoms with E-state index in [2.05, 4.69) is 10.0 Å². The van der Waals surface area contributed by atoms with Crippen molar-refractivity contribution in [2.45, 2.75) is 6.42 Å². The average Bonchev–Trinajstić information content (AvgIpc) is 2.38. The van der Waals surface area contributed by atoms with Gasteiger partial charge in [0, 0.05) is 17.0 Å². The van der Waals surface area contributed by atoms with E-state index in [0.717, 1.165) is 17.1 Å². The van der Waals surface area contributed by atoms with Gasteiger partial charge in [-0.15, -0.1) is 0 Å². The van der Waals surface area contributed by atoms with Crippen LogP contribution in [-0.4, -0.2) is 20.8 Å². The number of benzene rings is 1. The van der Waals surface area contributed by atoms with Crippen molar-refractivity contribution in [2.75, 3.05) is 20.8 Å². The first kappa shape index (κ1) is 12.9. The number of methoxy groups -OCH3 is 2. The maximum absolute atomic E-state index is 8.13. The lowest BCUT2D eigenvalue weighted by molar-refractivity contribution is 0.402. The highest BCUT2D eigenvalue weighted by molar-refractivity contribution is 5.59. The maximum Gasteiger partial charge on any atom is 0.126 e. The summed E-state index contributed by atoms with van der Waals surface area (Å²) in [6.07, 6.45) is 4.56. The zero-order valence-electron chi connectivity index (χ0n) is 9.96. The van der Waals surface area contributed by atoms with Crippen LogP contribution in [0.3, 0.4) is 0 Å². The summed E-state index contributed by atoms with van der Waals surface area (Å²) in [7, 11) is 3.25. The van der Waals surface area contributed by atoms with Crippen LogP contribution in [0.15, 0.2) is 29.4 Å². The lowest BCUT2D eigenvalue weighted by atomic mass is 10.1. The standard InChI is InChI=1S/C12H15N3O2/c1-16-11-6-7-12(17-2)10(9-11)5-3-4-8-14-15-13/h3,5-7,9H,4,8H2,1-2H3. The van der Waals surface area contributed by atoms with Gasteiger partial charge in [-0.3, -0.25) is 0 Å². The van der Waals surface area contributed by atoms with E-state index in [9.17, 15) is 0 Å². The molecule has 0 N–H and O–H groups in total. The Morgan fingerprint density at radius 3 is 2.82 bits per heavy atom. The average molecular weight is 233 g/mol. The lowest BCUT2D eigenvalue weighted by Crippen LogP contribution is -1.89. The zero-order valence-corrected chi connectivity index (χ0v) is 9.96. The largest absolute Gasteiger partial charge is 0.497 e. The molecule has 0 atom stereocenters. The van der Waals surface area contributed by atoms with Crippen molar-refractivity contribution >= 4 is 6.08 Å². The Bertz CT molecular complexity index is 437. The fourth-order valence-electron chi connectivity index (χ4n) is 1.36. The Morgan fingerprint density at radius 2 is 2.18 bits per heavy atom. The van der Waals surface area contributed by atoms with Crippen molar-refractivity contribution < 1.29 is 9.47 Å². The van der Waals surface area contributed by atoms with Crippen molar-refractivity contribution in [2.24, 2.45) is 5.11 Å². The molecule has 1 aromatic carbocycles. The van der Waals surface area contributed by atoms with Crippen LogP contribution in [0.25, 0.3) is 16.5 Å². The maximum atomic E-state index is 8.13. The van der Waals surface area contributed by atoms with E-state index in [1.807, 2.05) is 30.4 Å². The van der Waals surface area contributed by atoms with Crippen LogP contribution in [0.5, 0.6) is 11.5 Å². The Kier molecular flexibility index (Phi) is 5.47. The van der Waals surface area contributed by atoms with E-state index < -0.39 is 0 Å². The van der Waals surface area contributed by atoms with Gasteiger partial charge in [0.15, 0.2) is 0 Å².